The Hall–Kier alpha value is -1.35. The van der Waals surface area contributed by atoms with Crippen LogP contribution in [0.3, 0.4) is 0 Å². The predicted molar refractivity (Wildman–Crippen MR) is 72.9 cm³/mol. The number of nitrogens with zero attached hydrogens (tertiary/aromatic N) is 1. The van der Waals surface area contributed by atoms with E-state index in [1.54, 1.807) is 0 Å². The number of hydrogen-bond acceptors (Lipinski definition) is 2. The molecule has 0 aliphatic heterocycles. The molecular formula is C15H20N2O. The molecule has 3 nitrogen and oxygen atoms in total. The largest absolute Gasteiger partial charge is 0.378 e. The maximum Gasteiger partial charge on any atom is 0.110 e. The van der Waals surface area contributed by atoms with E-state index in [1.807, 2.05) is 7.11 Å². The summed E-state index contributed by atoms with van der Waals surface area (Å²) in [5, 5.41) is 0. The quantitative estimate of drug-likeness (QED) is 0.899. The molecule has 1 aromatic heterocycles. The Balaban J connectivity index is 1.96. The second-order valence-electron chi connectivity index (χ2n) is 5.58. The number of hydrogen-bond donors (Lipinski definition) is 1. The number of nitrogens with one attached hydrogen (secondary N) is 1. The van der Waals surface area contributed by atoms with E-state index < -0.39 is 0 Å². The van der Waals surface area contributed by atoms with Gasteiger partial charge in [0.05, 0.1) is 16.6 Å². The van der Waals surface area contributed by atoms with Crippen LogP contribution in [0, 0.1) is 13.8 Å². The molecule has 0 radical (unpaired) electrons. The number of fused-ring (bicyclic) bond motifs is 1. The minimum atomic E-state index is 0.0385. The Bertz CT molecular complexity index is 576. The van der Waals surface area contributed by atoms with Crippen LogP contribution in [0.25, 0.3) is 11.0 Å². The Labute approximate surface area is 108 Å². The third-order valence-corrected chi connectivity index (χ3v) is 4.16. The van der Waals surface area contributed by atoms with Crippen LogP contribution in [-0.2, 0) is 11.2 Å². The maximum atomic E-state index is 5.67. The van der Waals surface area contributed by atoms with Crippen molar-refractivity contribution < 1.29 is 4.74 Å². The lowest BCUT2D eigenvalue weighted by Gasteiger charge is -2.39. The van der Waals surface area contributed by atoms with Crippen molar-refractivity contribution in [3.63, 3.8) is 0 Å². The number of H-pyrrole nitrogens is 1. The predicted octanol–water partition coefficient (Wildman–Crippen LogP) is 3.29. The number of ether oxygens (including phenoxy) is 1. The van der Waals surface area contributed by atoms with Crippen LogP contribution in [0.15, 0.2) is 12.1 Å². The van der Waals surface area contributed by atoms with E-state index in [1.165, 1.54) is 17.5 Å². The van der Waals surface area contributed by atoms with Crippen LogP contribution >= 0.6 is 0 Å². The van der Waals surface area contributed by atoms with Gasteiger partial charge in [0.2, 0.25) is 0 Å². The maximum absolute atomic E-state index is 5.67. The lowest BCUT2D eigenvalue weighted by atomic mass is 9.77. The number of benzene rings is 1. The summed E-state index contributed by atoms with van der Waals surface area (Å²) in [6, 6.07) is 4.35. The number of imidazole rings is 1. The second kappa shape index (κ2) is 4.09. The van der Waals surface area contributed by atoms with Crippen molar-refractivity contribution >= 4 is 11.0 Å². The minimum absolute atomic E-state index is 0.0385. The van der Waals surface area contributed by atoms with Gasteiger partial charge < -0.3 is 9.72 Å². The summed E-state index contributed by atoms with van der Waals surface area (Å²) in [5.41, 5.74) is 4.80. The first-order valence-electron chi connectivity index (χ1n) is 6.63. The van der Waals surface area contributed by atoms with Gasteiger partial charge in [-0.1, -0.05) is 6.07 Å². The summed E-state index contributed by atoms with van der Waals surface area (Å²) in [4.78, 5) is 8.18. The molecule has 0 saturated heterocycles. The van der Waals surface area contributed by atoms with Crippen LogP contribution in [0.5, 0.6) is 0 Å². The Kier molecular flexibility index (Phi) is 2.67. The molecule has 3 heteroatoms. The summed E-state index contributed by atoms with van der Waals surface area (Å²) < 4.78 is 5.67. The van der Waals surface area contributed by atoms with Crippen LogP contribution in [0.2, 0.25) is 0 Å². The molecule has 0 amide bonds. The van der Waals surface area contributed by atoms with Gasteiger partial charge in [-0.15, -0.1) is 0 Å². The van der Waals surface area contributed by atoms with Gasteiger partial charge in [-0.2, -0.15) is 0 Å². The normalized spacial score (nSPS) is 17.9. The van der Waals surface area contributed by atoms with Crippen LogP contribution in [0.4, 0.5) is 0 Å². The molecule has 0 atom stereocenters. The van der Waals surface area contributed by atoms with Crippen molar-refractivity contribution in [1.82, 2.24) is 9.97 Å². The average Bonchev–Trinajstić information content (AvgIpc) is 2.66. The SMILES string of the molecule is COC1(Cc2nc3c(C)cc(C)cc3[nH]2)CCC1. The fraction of sp³-hybridized carbons (Fsp3) is 0.533. The first-order valence-corrected chi connectivity index (χ1v) is 6.63. The molecule has 0 spiro atoms. The second-order valence-corrected chi connectivity index (χ2v) is 5.58. The van der Waals surface area contributed by atoms with E-state index in [9.17, 15) is 0 Å². The highest BCUT2D eigenvalue weighted by Crippen LogP contribution is 2.37. The molecule has 0 unspecified atom stereocenters. The average molecular weight is 244 g/mol. The van der Waals surface area contributed by atoms with Gasteiger partial charge in [-0.25, -0.2) is 4.98 Å². The molecule has 0 bridgehead atoms. The third-order valence-electron chi connectivity index (χ3n) is 4.16. The third kappa shape index (κ3) is 1.83. The van der Waals surface area contributed by atoms with Crippen molar-refractivity contribution in [2.45, 2.75) is 45.1 Å². The van der Waals surface area contributed by atoms with Gasteiger partial charge in [-0.05, 0) is 50.3 Å². The fourth-order valence-corrected chi connectivity index (χ4v) is 2.94. The molecule has 18 heavy (non-hydrogen) atoms. The van der Waals surface area contributed by atoms with Crippen molar-refractivity contribution in [3.05, 3.63) is 29.1 Å². The Morgan fingerprint density at radius 1 is 1.33 bits per heavy atom. The van der Waals surface area contributed by atoms with Gasteiger partial charge in [0.1, 0.15) is 5.82 Å². The van der Waals surface area contributed by atoms with Gasteiger partial charge in [0, 0.05) is 13.5 Å². The van der Waals surface area contributed by atoms with Gasteiger partial charge >= 0.3 is 0 Å². The number of rotatable bonds is 3. The zero-order valence-corrected chi connectivity index (χ0v) is 11.3. The molecule has 1 aromatic carbocycles. The van der Waals surface area contributed by atoms with E-state index >= 15 is 0 Å². The van der Waals surface area contributed by atoms with Gasteiger partial charge in [0.25, 0.3) is 0 Å². The molecule has 1 heterocycles. The number of aromatic nitrogens is 2. The number of aryl methyl sites for hydroxylation is 2. The molecular weight excluding hydrogens is 224 g/mol. The van der Waals surface area contributed by atoms with E-state index in [2.05, 4.69) is 31.0 Å². The summed E-state index contributed by atoms with van der Waals surface area (Å²) in [5.74, 6) is 1.06. The highest BCUT2D eigenvalue weighted by atomic mass is 16.5. The highest BCUT2D eigenvalue weighted by molar-refractivity contribution is 5.79. The molecule has 1 aliphatic carbocycles. The van der Waals surface area contributed by atoms with Gasteiger partial charge in [0.15, 0.2) is 0 Å². The molecule has 96 valence electrons. The smallest absolute Gasteiger partial charge is 0.110 e. The molecule has 1 saturated carbocycles. The van der Waals surface area contributed by atoms with Crippen LogP contribution in [-0.4, -0.2) is 22.7 Å². The van der Waals surface area contributed by atoms with Crippen LogP contribution in [0.1, 0.15) is 36.2 Å². The molecule has 1 fully saturated rings. The molecule has 1 aliphatic rings. The summed E-state index contributed by atoms with van der Waals surface area (Å²) >= 11 is 0. The molecule has 3 rings (SSSR count). The lowest BCUT2D eigenvalue weighted by molar-refractivity contribution is -0.0719. The number of aromatic amines is 1. The standard InChI is InChI=1S/C15H20N2O/c1-10-7-11(2)14-12(8-10)16-13(17-14)9-15(18-3)5-4-6-15/h7-8H,4-6,9H2,1-3H3,(H,16,17). The first-order chi connectivity index (χ1) is 8.62. The van der Waals surface area contributed by atoms with Crippen molar-refractivity contribution in [3.8, 4) is 0 Å². The minimum Gasteiger partial charge on any atom is -0.378 e. The highest BCUT2D eigenvalue weighted by Gasteiger charge is 2.37. The van der Waals surface area contributed by atoms with Crippen molar-refractivity contribution in [1.29, 1.82) is 0 Å². The molecule has 1 N–H and O–H groups in total. The summed E-state index contributed by atoms with van der Waals surface area (Å²) in [6.45, 7) is 4.24. The van der Waals surface area contributed by atoms with E-state index in [0.717, 1.165) is 36.1 Å². The number of methoxy groups -OCH3 is 1. The summed E-state index contributed by atoms with van der Waals surface area (Å²) in [6.07, 6.45) is 4.47. The van der Waals surface area contributed by atoms with Crippen molar-refractivity contribution in [2.24, 2.45) is 0 Å². The van der Waals surface area contributed by atoms with E-state index in [-0.39, 0.29) is 5.60 Å². The van der Waals surface area contributed by atoms with Crippen LogP contribution < -0.4 is 0 Å². The van der Waals surface area contributed by atoms with E-state index in [4.69, 9.17) is 9.72 Å². The zero-order chi connectivity index (χ0) is 12.8. The first kappa shape index (κ1) is 11.7. The van der Waals surface area contributed by atoms with E-state index in [0.29, 0.717) is 0 Å². The topological polar surface area (TPSA) is 37.9 Å². The lowest BCUT2D eigenvalue weighted by Crippen LogP contribution is -2.41. The molecule has 2 aromatic rings. The fourth-order valence-electron chi connectivity index (χ4n) is 2.94. The monoisotopic (exact) mass is 244 g/mol. The summed E-state index contributed by atoms with van der Waals surface area (Å²) in [7, 11) is 1.82. The Morgan fingerprint density at radius 2 is 2.11 bits per heavy atom. The van der Waals surface area contributed by atoms with Gasteiger partial charge in [-0.3, -0.25) is 0 Å². The Morgan fingerprint density at radius 3 is 2.72 bits per heavy atom. The van der Waals surface area contributed by atoms with Crippen molar-refractivity contribution in [2.75, 3.05) is 7.11 Å². The zero-order valence-electron chi connectivity index (χ0n) is 11.3.